The van der Waals surface area contributed by atoms with Crippen molar-refractivity contribution in [3.05, 3.63) is 58.6 Å². The quantitative estimate of drug-likeness (QED) is 0.405. The van der Waals surface area contributed by atoms with E-state index in [1.807, 2.05) is 0 Å². The first-order chi connectivity index (χ1) is 14.7. The van der Waals surface area contributed by atoms with E-state index in [9.17, 15) is 16.8 Å². The van der Waals surface area contributed by atoms with E-state index in [4.69, 9.17) is 16.7 Å². The molecule has 0 amide bonds. The molecule has 4 N–H and O–H groups in total. The number of nitrogens with two attached hydrogens (primary N) is 2. The summed E-state index contributed by atoms with van der Waals surface area (Å²) < 4.78 is 44.3. The molecule has 0 aromatic heterocycles. The highest BCUT2D eigenvalue weighted by Crippen LogP contribution is 2.13. The van der Waals surface area contributed by atoms with Crippen LogP contribution >= 0.6 is 15.9 Å². The van der Waals surface area contributed by atoms with Gasteiger partial charge in [0.05, 0.1) is 9.79 Å². The van der Waals surface area contributed by atoms with Gasteiger partial charge in [-0.25, -0.2) is 27.1 Å². The minimum Gasteiger partial charge on any atom is -0.225 e. The van der Waals surface area contributed by atoms with Crippen LogP contribution in [0.5, 0.6) is 0 Å². The van der Waals surface area contributed by atoms with Crippen LogP contribution in [-0.2, 0) is 20.0 Å². The highest BCUT2D eigenvalue weighted by molar-refractivity contribution is 9.10. The number of terminal acetylenes is 1. The van der Waals surface area contributed by atoms with E-state index < -0.39 is 36.2 Å². The van der Waals surface area contributed by atoms with Crippen molar-refractivity contribution in [1.29, 1.82) is 0 Å². The van der Waals surface area contributed by atoms with Gasteiger partial charge in [-0.15, -0.1) is 17.5 Å². The normalized spacial score (nSPS) is 11.4. The van der Waals surface area contributed by atoms with Crippen LogP contribution in [-0.4, -0.2) is 33.0 Å². The molecular formula is C22H31BrN2O4S2Si2. The molecule has 180 valence electrons. The molecule has 0 aliphatic rings. The van der Waals surface area contributed by atoms with Crippen LogP contribution in [0.2, 0.25) is 39.3 Å². The third-order valence-corrected chi connectivity index (χ3v) is 7.47. The van der Waals surface area contributed by atoms with Crippen LogP contribution in [0.3, 0.4) is 0 Å². The Hall–Kier alpha value is -1.71. The van der Waals surface area contributed by atoms with Gasteiger partial charge in [-0.1, -0.05) is 61.1 Å². The molecule has 6 nitrogen and oxygen atoms in total. The van der Waals surface area contributed by atoms with Gasteiger partial charge >= 0.3 is 0 Å². The number of sulfonamides is 2. The Morgan fingerprint density at radius 3 is 1.33 bits per heavy atom. The highest BCUT2D eigenvalue weighted by atomic mass is 79.9. The molecule has 0 aliphatic carbocycles. The second-order valence-electron chi connectivity index (χ2n) is 8.96. The molecule has 0 spiro atoms. The molecule has 2 aromatic carbocycles. The van der Waals surface area contributed by atoms with Crippen molar-refractivity contribution in [2.24, 2.45) is 10.3 Å². The lowest BCUT2D eigenvalue weighted by Crippen LogP contribution is -2.16. The smallest absolute Gasteiger partial charge is 0.225 e. The molecular weight excluding hydrogens is 556 g/mol. The zero-order valence-electron chi connectivity index (χ0n) is 19.7. The van der Waals surface area contributed by atoms with Crippen molar-refractivity contribution in [3.8, 4) is 23.4 Å². The summed E-state index contributed by atoms with van der Waals surface area (Å²) in [7, 11) is -9.64. The van der Waals surface area contributed by atoms with Gasteiger partial charge in [0.1, 0.15) is 16.1 Å². The van der Waals surface area contributed by atoms with Gasteiger partial charge in [-0.05, 0) is 48.5 Å². The number of hydrogen-bond donors (Lipinski definition) is 2. The van der Waals surface area contributed by atoms with Crippen LogP contribution in [0.4, 0.5) is 0 Å². The van der Waals surface area contributed by atoms with Crippen molar-refractivity contribution >= 4 is 52.1 Å². The van der Waals surface area contributed by atoms with Gasteiger partial charge in [0.2, 0.25) is 20.0 Å². The first kappa shape index (κ1) is 31.3. The minimum atomic E-state index is -3.60. The van der Waals surface area contributed by atoms with Gasteiger partial charge in [-0.2, -0.15) is 0 Å². The van der Waals surface area contributed by atoms with Gasteiger partial charge in [0, 0.05) is 10.0 Å². The zero-order chi connectivity index (χ0) is 26.1. The van der Waals surface area contributed by atoms with E-state index in [1.54, 1.807) is 24.3 Å². The number of benzene rings is 2. The molecule has 0 saturated carbocycles. The first-order valence-electron chi connectivity index (χ1n) is 9.67. The Morgan fingerprint density at radius 2 is 1.06 bits per heavy atom. The monoisotopic (exact) mass is 586 g/mol. The maximum absolute atomic E-state index is 11.0. The molecule has 2 rings (SSSR count). The average Bonchev–Trinajstić information content (AvgIpc) is 2.65. The highest BCUT2D eigenvalue weighted by Gasteiger charge is 2.09. The lowest BCUT2D eigenvalue weighted by molar-refractivity contribution is 0.596. The summed E-state index contributed by atoms with van der Waals surface area (Å²) in [6, 6.07) is 12.4. The summed E-state index contributed by atoms with van der Waals surface area (Å²) in [5.74, 6) is 3.04. The topological polar surface area (TPSA) is 120 Å². The predicted octanol–water partition coefficient (Wildman–Crippen LogP) is 4.16. The first-order valence-corrected chi connectivity index (χ1v) is 20.6. The van der Waals surface area contributed by atoms with Gasteiger partial charge < -0.3 is 0 Å². The largest absolute Gasteiger partial charge is 0.238 e. The Kier molecular flexibility index (Phi) is 12.0. The number of primary sulfonamides is 2. The van der Waals surface area contributed by atoms with E-state index in [0.29, 0.717) is 0 Å². The van der Waals surface area contributed by atoms with Crippen LogP contribution in [0.25, 0.3) is 0 Å². The van der Waals surface area contributed by atoms with E-state index in [1.165, 1.54) is 24.3 Å². The fourth-order valence-corrected chi connectivity index (χ4v) is 3.43. The molecule has 2 aromatic rings. The Morgan fingerprint density at radius 1 is 0.727 bits per heavy atom. The fourth-order valence-electron chi connectivity index (χ4n) is 1.61. The molecule has 0 saturated heterocycles. The van der Waals surface area contributed by atoms with Gasteiger partial charge in [0.15, 0.2) is 0 Å². The van der Waals surface area contributed by atoms with Gasteiger partial charge in [0.25, 0.3) is 0 Å². The molecule has 0 aliphatic heterocycles. The third-order valence-electron chi connectivity index (χ3n) is 3.34. The zero-order valence-corrected chi connectivity index (χ0v) is 24.9. The number of halogens is 1. The van der Waals surface area contributed by atoms with Crippen LogP contribution < -0.4 is 10.3 Å². The van der Waals surface area contributed by atoms with E-state index in [-0.39, 0.29) is 9.79 Å². The summed E-state index contributed by atoms with van der Waals surface area (Å²) in [6.07, 6.45) is 5.12. The lowest BCUT2D eigenvalue weighted by Gasteiger charge is -2.03. The second kappa shape index (κ2) is 12.7. The summed E-state index contributed by atoms with van der Waals surface area (Å²) in [4.78, 5) is 0.242. The standard InChI is InChI=1S/C11H15NO2SSi.C6H6BrNO2S.C5H10Si/c1-16(2,3)9-8-10-4-6-11(7-5-10)15(12,13)14;7-5-1-3-6(4-2-5)11(8,9)10;1-5-6(2,3)4/h4-7H,1-3H3,(H2,12,13,14);1-4H,(H2,8,9,10);1H,2-4H3. The third kappa shape index (κ3) is 15.7. The summed E-state index contributed by atoms with van der Waals surface area (Å²) in [6.45, 7) is 12.9. The predicted molar refractivity (Wildman–Crippen MR) is 146 cm³/mol. The molecule has 0 radical (unpaired) electrons. The number of hydrogen-bond acceptors (Lipinski definition) is 4. The van der Waals surface area contributed by atoms with Crippen molar-refractivity contribution in [3.63, 3.8) is 0 Å². The van der Waals surface area contributed by atoms with E-state index >= 15 is 0 Å². The maximum atomic E-state index is 11.0. The SMILES string of the molecule is C#C[Si](C)(C)C.C[Si](C)(C)C#Cc1ccc(S(N)(=O)=O)cc1.NS(=O)(=O)c1ccc(Br)cc1. The summed E-state index contributed by atoms with van der Waals surface area (Å²) in [5.41, 5.74) is 6.76. The van der Waals surface area contributed by atoms with Crippen LogP contribution in [0, 0.1) is 23.4 Å². The average molecular weight is 588 g/mol. The van der Waals surface area contributed by atoms with Crippen molar-refractivity contribution in [2.75, 3.05) is 0 Å². The van der Waals surface area contributed by atoms with E-state index in [0.717, 1.165) is 10.0 Å². The molecule has 0 unspecified atom stereocenters. The second-order valence-corrected chi connectivity index (χ2v) is 22.5. The maximum Gasteiger partial charge on any atom is 0.238 e. The Balaban J connectivity index is 0.000000520. The Labute approximate surface area is 209 Å². The molecule has 0 bridgehead atoms. The molecule has 0 atom stereocenters. The molecule has 0 heterocycles. The molecule has 33 heavy (non-hydrogen) atoms. The number of rotatable bonds is 2. The lowest BCUT2D eigenvalue weighted by atomic mass is 10.2. The van der Waals surface area contributed by atoms with Gasteiger partial charge in [-0.3, -0.25) is 0 Å². The van der Waals surface area contributed by atoms with E-state index in [2.05, 4.69) is 72.2 Å². The minimum absolute atomic E-state index is 0.117. The summed E-state index contributed by atoms with van der Waals surface area (Å²) in [5, 5.41) is 9.86. The molecule has 0 fully saturated rings. The molecule has 11 heteroatoms. The summed E-state index contributed by atoms with van der Waals surface area (Å²) >= 11 is 3.18. The van der Waals surface area contributed by atoms with Crippen molar-refractivity contribution in [2.45, 2.75) is 49.1 Å². The van der Waals surface area contributed by atoms with Crippen molar-refractivity contribution < 1.29 is 16.8 Å². The van der Waals surface area contributed by atoms with Crippen molar-refractivity contribution in [1.82, 2.24) is 0 Å². The fraction of sp³-hybridized carbons (Fsp3) is 0.273. The van der Waals surface area contributed by atoms with Crippen LogP contribution in [0.1, 0.15) is 5.56 Å². The van der Waals surface area contributed by atoms with Crippen LogP contribution in [0.15, 0.2) is 62.8 Å². The Bertz CT molecular complexity index is 1230.